The van der Waals surface area contributed by atoms with Gasteiger partial charge in [-0.25, -0.2) is 4.39 Å². The molecule has 1 atom stereocenters. The summed E-state index contributed by atoms with van der Waals surface area (Å²) in [4.78, 5) is 34.7. The highest BCUT2D eigenvalue weighted by atomic mass is 19.4. The highest BCUT2D eigenvalue weighted by molar-refractivity contribution is 6.11. The van der Waals surface area contributed by atoms with Crippen LogP contribution >= 0.6 is 0 Å². The van der Waals surface area contributed by atoms with E-state index < -0.39 is 47.8 Å². The van der Waals surface area contributed by atoms with Crippen molar-refractivity contribution in [2.24, 2.45) is 5.41 Å². The number of alkyl halides is 3. The number of hydrogen-bond donors (Lipinski definition) is 1. The summed E-state index contributed by atoms with van der Waals surface area (Å²) < 4.78 is 50.6. The van der Waals surface area contributed by atoms with Crippen molar-refractivity contribution in [3.8, 4) is 0 Å². The molecule has 120 valence electrons. The molecule has 0 aliphatic rings. The maximum atomic E-state index is 12.8. The smallest absolute Gasteiger partial charge is 0.451 e. The van der Waals surface area contributed by atoms with Gasteiger partial charge in [0.05, 0.1) is 0 Å². The highest BCUT2D eigenvalue weighted by Gasteiger charge is 2.57. The van der Waals surface area contributed by atoms with Crippen molar-refractivity contribution in [1.82, 2.24) is 0 Å². The number of benzene rings is 1. The Labute approximate surface area is 122 Å². The third-order valence-corrected chi connectivity index (χ3v) is 3.33. The summed E-state index contributed by atoms with van der Waals surface area (Å²) in [5.74, 6) is -6.15. The van der Waals surface area contributed by atoms with E-state index in [9.17, 15) is 31.9 Å². The topological polar surface area (TPSA) is 71.4 Å². The molecule has 1 N–H and O–H groups in total. The summed E-state index contributed by atoms with van der Waals surface area (Å²) in [6, 6.07) is 3.84. The first-order chi connectivity index (χ1) is 10.0. The Balaban J connectivity index is 3.19. The molecule has 0 aliphatic heterocycles. The van der Waals surface area contributed by atoms with Gasteiger partial charge in [-0.15, -0.1) is 0 Å². The van der Waals surface area contributed by atoms with Gasteiger partial charge in [-0.05, 0) is 30.7 Å². The van der Waals surface area contributed by atoms with Crippen LogP contribution in [0, 0.1) is 11.2 Å². The maximum Gasteiger partial charge on any atom is 0.451 e. The second-order valence-corrected chi connectivity index (χ2v) is 4.67. The zero-order valence-electron chi connectivity index (χ0n) is 11.4. The molecule has 0 aliphatic carbocycles. The Morgan fingerprint density at radius 3 is 1.95 bits per heavy atom. The van der Waals surface area contributed by atoms with Crippen LogP contribution in [0.1, 0.15) is 30.1 Å². The van der Waals surface area contributed by atoms with Crippen LogP contribution in [-0.2, 0) is 9.59 Å². The van der Waals surface area contributed by atoms with Crippen LogP contribution in [0.4, 0.5) is 17.6 Å². The van der Waals surface area contributed by atoms with Gasteiger partial charge in [-0.1, -0.05) is 6.92 Å². The van der Waals surface area contributed by atoms with Crippen molar-refractivity contribution in [1.29, 1.82) is 0 Å². The molecule has 0 amide bonds. The fraction of sp³-hybridized carbons (Fsp3) is 0.357. The molecule has 0 radical (unpaired) electrons. The van der Waals surface area contributed by atoms with E-state index in [0.29, 0.717) is 0 Å². The molecule has 0 fully saturated rings. The summed E-state index contributed by atoms with van der Waals surface area (Å²) in [5.41, 5.74) is -3.06. The summed E-state index contributed by atoms with van der Waals surface area (Å²) >= 11 is 0. The van der Waals surface area contributed by atoms with E-state index in [2.05, 4.69) is 0 Å². The van der Waals surface area contributed by atoms with E-state index in [1.807, 2.05) is 0 Å². The number of carbonyl (C=O) groups excluding carboxylic acids is 2. The third kappa shape index (κ3) is 3.49. The molecular formula is C14H12F4O4. The third-order valence-electron chi connectivity index (χ3n) is 3.33. The molecule has 0 heterocycles. The first-order valence-electron chi connectivity index (χ1n) is 6.18. The number of aliphatic carboxylic acids is 1. The van der Waals surface area contributed by atoms with E-state index in [1.54, 1.807) is 0 Å². The Bertz CT molecular complexity index is 592. The SMILES string of the molecule is CCC(CC(=O)c1ccc(F)cc1)(C(=O)O)C(=O)C(F)(F)F. The number of rotatable bonds is 6. The Morgan fingerprint density at radius 1 is 1.09 bits per heavy atom. The van der Waals surface area contributed by atoms with Crippen LogP contribution in [0.3, 0.4) is 0 Å². The fourth-order valence-corrected chi connectivity index (χ4v) is 1.97. The molecule has 4 nitrogen and oxygen atoms in total. The minimum atomic E-state index is -5.38. The highest BCUT2D eigenvalue weighted by Crippen LogP contribution is 2.37. The fourth-order valence-electron chi connectivity index (χ4n) is 1.97. The van der Waals surface area contributed by atoms with Gasteiger partial charge in [0.1, 0.15) is 11.2 Å². The minimum absolute atomic E-state index is 0.171. The molecule has 0 bridgehead atoms. The molecule has 0 saturated carbocycles. The lowest BCUT2D eigenvalue weighted by Gasteiger charge is -2.26. The number of carboxylic acids is 1. The van der Waals surface area contributed by atoms with E-state index in [1.165, 1.54) is 0 Å². The molecule has 1 aromatic carbocycles. The summed E-state index contributed by atoms with van der Waals surface area (Å²) in [6.45, 7) is 1.08. The predicted molar refractivity (Wildman–Crippen MR) is 66.8 cm³/mol. The van der Waals surface area contributed by atoms with Crippen LogP contribution in [0.2, 0.25) is 0 Å². The zero-order valence-corrected chi connectivity index (χ0v) is 11.4. The lowest BCUT2D eigenvalue weighted by atomic mass is 9.75. The van der Waals surface area contributed by atoms with Gasteiger partial charge in [-0.2, -0.15) is 13.2 Å². The summed E-state index contributed by atoms with van der Waals surface area (Å²) in [7, 11) is 0. The molecule has 1 unspecified atom stereocenters. The second-order valence-electron chi connectivity index (χ2n) is 4.67. The Morgan fingerprint density at radius 2 is 1.59 bits per heavy atom. The van der Waals surface area contributed by atoms with Crippen molar-refractivity contribution >= 4 is 17.5 Å². The lowest BCUT2D eigenvalue weighted by Crippen LogP contribution is -2.47. The standard InChI is InChI=1S/C14H12F4O4/c1-2-13(12(21)22,11(20)14(16,17)18)7-10(19)8-3-5-9(15)6-4-8/h3-6H,2,7H2,1H3,(H,21,22). The van der Waals surface area contributed by atoms with Gasteiger partial charge < -0.3 is 5.11 Å². The Hall–Kier alpha value is -2.25. The van der Waals surface area contributed by atoms with Crippen LogP contribution in [0.15, 0.2) is 24.3 Å². The van der Waals surface area contributed by atoms with Crippen molar-refractivity contribution in [2.45, 2.75) is 25.9 Å². The van der Waals surface area contributed by atoms with Crippen molar-refractivity contribution in [3.63, 3.8) is 0 Å². The summed E-state index contributed by atoms with van der Waals surface area (Å²) in [6.07, 6.45) is -7.23. The predicted octanol–water partition coefficient (Wildman–Crippen LogP) is 3.01. The first kappa shape index (κ1) is 17.8. The number of halogens is 4. The van der Waals surface area contributed by atoms with Crippen LogP contribution < -0.4 is 0 Å². The van der Waals surface area contributed by atoms with Crippen molar-refractivity contribution in [2.75, 3.05) is 0 Å². The number of hydrogen-bond acceptors (Lipinski definition) is 3. The van der Waals surface area contributed by atoms with E-state index in [0.717, 1.165) is 31.2 Å². The molecule has 1 rings (SSSR count). The number of carboxylic acid groups (broad SMARTS) is 1. The van der Waals surface area contributed by atoms with Gasteiger partial charge in [-0.3, -0.25) is 14.4 Å². The zero-order chi connectivity index (χ0) is 17.1. The molecule has 0 aromatic heterocycles. The number of carbonyl (C=O) groups is 3. The van der Waals surface area contributed by atoms with E-state index in [-0.39, 0.29) is 5.56 Å². The van der Waals surface area contributed by atoms with Crippen LogP contribution in [-0.4, -0.2) is 28.8 Å². The van der Waals surface area contributed by atoms with Gasteiger partial charge in [0.15, 0.2) is 5.78 Å². The lowest BCUT2D eigenvalue weighted by molar-refractivity contribution is -0.188. The number of Topliss-reactive ketones (excluding diaryl/α,β-unsaturated/α-hetero) is 2. The number of ketones is 2. The van der Waals surface area contributed by atoms with Crippen molar-refractivity contribution in [3.05, 3.63) is 35.6 Å². The molecule has 22 heavy (non-hydrogen) atoms. The van der Waals surface area contributed by atoms with E-state index >= 15 is 0 Å². The first-order valence-corrected chi connectivity index (χ1v) is 6.18. The van der Waals surface area contributed by atoms with Crippen molar-refractivity contribution < 1.29 is 37.1 Å². The van der Waals surface area contributed by atoms with E-state index in [4.69, 9.17) is 5.11 Å². The van der Waals surface area contributed by atoms with Crippen LogP contribution in [0.25, 0.3) is 0 Å². The normalized spacial score (nSPS) is 14.2. The quantitative estimate of drug-likeness (QED) is 0.497. The average Bonchev–Trinajstić information content (AvgIpc) is 2.43. The molecule has 8 heteroatoms. The van der Waals surface area contributed by atoms with Crippen LogP contribution in [0.5, 0.6) is 0 Å². The van der Waals surface area contributed by atoms with Gasteiger partial charge >= 0.3 is 12.1 Å². The summed E-state index contributed by atoms with van der Waals surface area (Å²) in [5, 5.41) is 9.06. The molecule has 0 saturated heterocycles. The van der Waals surface area contributed by atoms with Gasteiger partial charge in [0, 0.05) is 12.0 Å². The monoisotopic (exact) mass is 320 g/mol. The minimum Gasteiger partial charge on any atom is -0.480 e. The average molecular weight is 320 g/mol. The second kappa shape index (κ2) is 6.25. The maximum absolute atomic E-state index is 12.8. The molecule has 1 aromatic rings. The molecule has 0 spiro atoms. The Kier molecular flexibility index (Phi) is 5.05. The van der Waals surface area contributed by atoms with Gasteiger partial charge in [0.25, 0.3) is 5.78 Å². The largest absolute Gasteiger partial charge is 0.480 e. The molecular weight excluding hydrogens is 308 g/mol. The van der Waals surface area contributed by atoms with Gasteiger partial charge in [0.2, 0.25) is 0 Å².